The molecule has 0 amide bonds. The third-order valence-corrected chi connectivity index (χ3v) is 1.98. The van der Waals surface area contributed by atoms with Crippen LogP contribution in [0.5, 0.6) is 0 Å². The molecule has 1 N–H and O–H groups in total. The molecule has 0 aromatic heterocycles. The molecule has 0 aliphatic rings. The van der Waals surface area contributed by atoms with Gasteiger partial charge in [-0.3, -0.25) is 14.5 Å². The van der Waals surface area contributed by atoms with Crippen LogP contribution >= 0.6 is 0 Å². The molecule has 0 rings (SSSR count). The fourth-order valence-electron chi connectivity index (χ4n) is 1.02. The Bertz CT molecular complexity index is 205. The van der Waals surface area contributed by atoms with Crippen molar-refractivity contribution in [3.8, 4) is 0 Å². The zero-order valence-electron chi connectivity index (χ0n) is 8.82. The molecular weight excluding hydrogens is 186 g/mol. The Labute approximate surface area is 83.6 Å². The van der Waals surface area contributed by atoms with E-state index in [1.807, 2.05) is 6.92 Å². The second-order valence-electron chi connectivity index (χ2n) is 3.14. The molecule has 0 heterocycles. The first-order chi connectivity index (χ1) is 6.51. The van der Waals surface area contributed by atoms with Gasteiger partial charge in [-0.1, -0.05) is 13.8 Å². The Morgan fingerprint density at radius 3 is 2.43 bits per heavy atom. The zero-order valence-corrected chi connectivity index (χ0v) is 8.82. The molecule has 0 radical (unpaired) electrons. The van der Waals surface area contributed by atoms with Crippen LogP contribution in [0, 0.1) is 5.92 Å². The first kappa shape index (κ1) is 12.9. The molecule has 0 saturated heterocycles. The number of carboxylic acid groups (broad SMARTS) is 1. The van der Waals surface area contributed by atoms with E-state index in [2.05, 4.69) is 4.74 Å². The number of carbonyl (C=O) groups is 2. The van der Waals surface area contributed by atoms with Crippen molar-refractivity contribution in [2.24, 2.45) is 5.92 Å². The molecule has 0 saturated carbocycles. The van der Waals surface area contributed by atoms with E-state index in [9.17, 15) is 9.59 Å². The van der Waals surface area contributed by atoms with Crippen LogP contribution in [0.25, 0.3) is 0 Å². The molecule has 0 aromatic rings. The van der Waals surface area contributed by atoms with Crippen molar-refractivity contribution in [3.05, 3.63) is 0 Å². The highest BCUT2D eigenvalue weighted by Gasteiger charge is 2.17. The van der Waals surface area contributed by atoms with Gasteiger partial charge in [0.05, 0.1) is 19.6 Å². The summed E-state index contributed by atoms with van der Waals surface area (Å²) in [6, 6.07) is 0. The van der Waals surface area contributed by atoms with Crippen LogP contribution in [0.2, 0.25) is 0 Å². The summed E-state index contributed by atoms with van der Waals surface area (Å²) in [6.07, 6.45) is 0. The number of ether oxygens (including phenoxy) is 1. The Morgan fingerprint density at radius 1 is 1.50 bits per heavy atom. The fourth-order valence-corrected chi connectivity index (χ4v) is 1.02. The standard InChI is InChI=1S/C9H17NO4/c1-4-10(6-8(11)14-3)5-7(2)9(12)13/h7H,4-6H2,1-3H3,(H,12,13). The van der Waals surface area contributed by atoms with Crippen molar-refractivity contribution in [1.82, 2.24) is 4.90 Å². The molecule has 0 spiro atoms. The molecule has 0 aliphatic carbocycles. The summed E-state index contributed by atoms with van der Waals surface area (Å²) in [7, 11) is 1.32. The number of aliphatic carboxylic acids is 1. The first-order valence-electron chi connectivity index (χ1n) is 4.53. The Morgan fingerprint density at radius 2 is 2.07 bits per heavy atom. The first-order valence-corrected chi connectivity index (χ1v) is 4.53. The largest absolute Gasteiger partial charge is 0.481 e. The van der Waals surface area contributed by atoms with Gasteiger partial charge in [0.1, 0.15) is 0 Å². The van der Waals surface area contributed by atoms with Crippen LogP contribution in [-0.2, 0) is 14.3 Å². The number of carbonyl (C=O) groups excluding carboxylic acids is 1. The van der Waals surface area contributed by atoms with Crippen LogP contribution in [0.1, 0.15) is 13.8 Å². The van der Waals surface area contributed by atoms with E-state index in [1.165, 1.54) is 7.11 Å². The maximum Gasteiger partial charge on any atom is 0.319 e. The quantitative estimate of drug-likeness (QED) is 0.625. The van der Waals surface area contributed by atoms with Crippen molar-refractivity contribution in [1.29, 1.82) is 0 Å². The Hall–Kier alpha value is -1.10. The normalized spacial score (nSPS) is 12.6. The van der Waals surface area contributed by atoms with E-state index in [0.29, 0.717) is 13.1 Å². The molecule has 0 aliphatic heterocycles. The van der Waals surface area contributed by atoms with Gasteiger partial charge in [-0.15, -0.1) is 0 Å². The van der Waals surface area contributed by atoms with Gasteiger partial charge in [0, 0.05) is 6.54 Å². The molecular formula is C9H17NO4. The number of methoxy groups -OCH3 is 1. The van der Waals surface area contributed by atoms with Gasteiger partial charge in [0.2, 0.25) is 0 Å². The van der Waals surface area contributed by atoms with Crippen molar-refractivity contribution in [3.63, 3.8) is 0 Å². The van der Waals surface area contributed by atoms with Crippen LogP contribution in [0.4, 0.5) is 0 Å². The maximum atomic E-state index is 10.9. The van der Waals surface area contributed by atoms with Crippen molar-refractivity contribution >= 4 is 11.9 Å². The molecule has 5 heteroatoms. The van der Waals surface area contributed by atoms with E-state index in [4.69, 9.17) is 5.11 Å². The van der Waals surface area contributed by atoms with Crippen molar-refractivity contribution in [2.75, 3.05) is 26.7 Å². The van der Waals surface area contributed by atoms with E-state index < -0.39 is 11.9 Å². The Kier molecular flexibility index (Phi) is 5.87. The molecule has 1 unspecified atom stereocenters. The smallest absolute Gasteiger partial charge is 0.319 e. The third-order valence-electron chi connectivity index (χ3n) is 1.98. The minimum absolute atomic E-state index is 0.143. The van der Waals surface area contributed by atoms with Crippen LogP contribution < -0.4 is 0 Å². The van der Waals surface area contributed by atoms with E-state index in [1.54, 1.807) is 11.8 Å². The molecule has 0 fully saturated rings. The van der Waals surface area contributed by atoms with Crippen LogP contribution in [0.15, 0.2) is 0 Å². The second-order valence-corrected chi connectivity index (χ2v) is 3.14. The number of hydrogen-bond acceptors (Lipinski definition) is 4. The SMILES string of the molecule is CCN(CC(=O)OC)CC(C)C(=O)O. The third kappa shape index (κ3) is 4.81. The fraction of sp³-hybridized carbons (Fsp3) is 0.778. The average Bonchev–Trinajstić information content (AvgIpc) is 2.16. The lowest BCUT2D eigenvalue weighted by molar-refractivity contribution is -0.145. The number of nitrogens with zero attached hydrogens (tertiary/aromatic N) is 1. The monoisotopic (exact) mass is 203 g/mol. The molecule has 0 aromatic carbocycles. The summed E-state index contributed by atoms with van der Waals surface area (Å²) in [5.41, 5.74) is 0. The summed E-state index contributed by atoms with van der Waals surface area (Å²) in [4.78, 5) is 23.2. The molecule has 14 heavy (non-hydrogen) atoms. The molecule has 0 bridgehead atoms. The van der Waals surface area contributed by atoms with Gasteiger partial charge in [-0.05, 0) is 6.54 Å². The van der Waals surface area contributed by atoms with Gasteiger partial charge in [0.15, 0.2) is 0 Å². The molecule has 82 valence electrons. The van der Waals surface area contributed by atoms with Crippen molar-refractivity contribution in [2.45, 2.75) is 13.8 Å². The highest BCUT2D eigenvalue weighted by Crippen LogP contribution is 2.00. The summed E-state index contributed by atoms with van der Waals surface area (Å²) < 4.78 is 4.50. The number of likely N-dealkylation sites (N-methyl/N-ethyl adjacent to an activating group) is 1. The maximum absolute atomic E-state index is 10.9. The topological polar surface area (TPSA) is 66.8 Å². The predicted molar refractivity (Wildman–Crippen MR) is 50.9 cm³/mol. The lowest BCUT2D eigenvalue weighted by atomic mass is 10.2. The lowest BCUT2D eigenvalue weighted by Crippen LogP contribution is -2.36. The minimum atomic E-state index is -0.853. The van der Waals surface area contributed by atoms with Gasteiger partial charge in [-0.2, -0.15) is 0 Å². The number of carboxylic acids is 1. The highest BCUT2D eigenvalue weighted by molar-refractivity contribution is 5.72. The summed E-state index contributed by atoms with van der Waals surface area (Å²) in [5.74, 6) is -1.67. The number of rotatable bonds is 6. The summed E-state index contributed by atoms with van der Waals surface area (Å²) in [5, 5.41) is 8.67. The van der Waals surface area contributed by atoms with E-state index >= 15 is 0 Å². The molecule has 5 nitrogen and oxygen atoms in total. The van der Waals surface area contributed by atoms with Crippen LogP contribution in [0.3, 0.4) is 0 Å². The van der Waals surface area contributed by atoms with Gasteiger partial charge < -0.3 is 9.84 Å². The zero-order chi connectivity index (χ0) is 11.1. The average molecular weight is 203 g/mol. The van der Waals surface area contributed by atoms with Gasteiger partial charge in [-0.25, -0.2) is 0 Å². The minimum Gasteiger partial charge on any atom is -0.481 e. The number of hydrogen-bond donors (Lipinski definition) is 1. The van der Waals surface area contributed by atoms with Gasteiger partial charge >= 0.3 is 11.9 Å². The second kappa shape index (κ2) is 6.37. The van der Waals surface area contributed by atoms with Gasteiger partial charge in [0.25, 0.3) is 0 Å². The predicted octanol–water partition coefficient (Wildman–Crippen LogP) is 0.202. The lowest BCUT2D eigenvalue weighted by Gasteiger charge is -2.20. The summed E-state index contributed by atoms with van der Waals surface area (Å²) in [6.45, 7) is 4.62. The van der Waals surface area contributed by atoms with Crippen molar-refractivity contribution < 1.29 is 19.4 Å². The van der Waals surface area contributed by atoms with E-state index in [-0.39, 0.29) is 12.5 Å². The molecule has 1 atom stereocenters. The Balaban J connectivity index is 4.02. The van der Waals surface area contributed by atoms with E-state index in [0.717, 1.165) is 0 Å². The van der Waals surface area contributed by atoms with Crippen LogP contribution in [-0.4, -0.2) is 48.7 Å². The summed E-state index contributed by atoms with van der Waals surface area (Å²) >= 11 is 0. The number of esters is 1. The highest BCUT2D eigenvalue weighted by atomic mass is 16.5.